The third-order valence-corrected chi connectivity index (χ3v) is 4.06. The van der Waals surface area contributed by atoms with Crippen molar-refractivity contribution in [1.82, 2.24) is 0 Å². The second-order valence-electron chi connectivity index (χ2n) is 6.02. The van der Waals surface area contributed by atoms with Gasteiger partial charge in [0.05, 0.1) is 24.8 Å². The maximum absolute atomic E-state index is 12.3. The molecular weight excluding hydrogens is 356 g/mol. The van der Waals surface area contributed by atoms with E-state index in [0.29, 0.717) is 23.5 Å². The monoisotopic (exact) mass is 376 g/mol. The molecule has 0 saturated heterocycles. The van der Waals surface area contributed by atoms with Crippen molar-refractivity contribution in [2.45, 2.75) is 6.42 Å². The Morgan fingerprint density at radius 3 is 2.21 bits per heavy atom. The summed E-state index contributed by atoms with van der Waals surface area (Å²) in [6.45, 7) is 0.550. The maximum atomic E-state index is 12.3. The first kappa shape index (κ1) is 19.2. The average Bonchev–Trinajstić information content (AvgIpc) is 2.74. The molecular formula is C23H20O5. The Kier molecular flexibility index (Phi) is 6.41. The van der Waals surface area contributed by atoms with E-state index in [-0.39, 0.29) is 5.75 Å². The molecule has 28 heavy (non-hydrogen) atoms. The fourth-order valence-corrected chi connectivity index (χ4v) is 2.59. The first-order chi connectivity index (χ1) is 13.7. The zero-order chi connectivity index (χ0) is 19.8. The topological polar surface area (TPSA) is 61.8 Å². The molecule has 5 nitrogen and oxygen atoms in total. The summed E-state index contributed by atoms with van der Waals surface area (Å²) >= 11 is 0. The second kappa shape index (κ2) is 9.37. The van der Waals surface area contributed by atoms with Gasteiger partial charge in [0.1, 0.15) is 11.5 Å². The Balaban J connectivity index is 1.55. The average molecular weight is 376 g/mol. The SMILES string of the molecule is COC(=O)c1cccc(OC(=O)c2ccc(OCCc3ccccc3)cc2)c1. The highest BCUT2D eigenvalue weighted by atomic mass is 16.5. The van der Waals surface area contributed by atoms with Crippen molar-refractivity contribution in [3.8, 4) is 11.5 Å². The van der Waals surface area contributed by atoms with Crippen molar-refractivity contribution in [2.75, 3.05) is 13.7 Å². The summed E-state index contributed by atoms with van der Waals surface area (Å²) in [5.74, 6) is -0.0518. The van der Waals surface area contributed by atoms with Gasteiger partial charge < -0.3 is 14.2 Å². The molecule has 142 valence electrons. The summed E-state index contributed by atoms with van der Waals surface area (Å²) in [6, 6.07) is 23.1. The molecule has 3 rings (SSSR count). The summed E-state index contributed by atoms with van der Waals surface area (Å²) in [5, 5.41) is 0. The number of hydrogen-bond donors (Lipinski definition) is 0. The number of benzene rings is 3. The third-order valence-electron chi connectivity index (χ3n) is 4.06. The number of hydrogen-bond acceptors (Lipinski definition) is 5. The van der Waals surface area contributed by atoms with Crippen LogP contribution in [-0.2, 0) is 11.2 Å². The van der Waals surface area contributed by atoms with E-state index in [4.69, 9.17) is 9.47 Å². The number of methoxy groups -OCH3 is 1. The molecule has 0 aliphatic carbocycles. The van der Waals surface area contributed by atoms with Crippen molar-refractivity contribution in [3.63, 3.8) is 0 Å². The van der Waals surface area contributed by atoms with Crippen molar-refractivity contribution in [3.05, 3.63) is 95.6 Å². The molecule has 0 bridgehead atoms. The first-order valence-electron chi connectivity index (χ1n) is 8.83. The van der Waals surface area contributed by atoms with Gasteiger partial charge in [-0.05, 0) is 48.0 Å². The molecule has 3 aromatic carbocycles. The van der Waals surface area contributed by atoms with Crippen LogP contribution in [-0.4, -0.2) is 25.7 Å². The molecule has 0 aliphatic heterocycles. The van der Waals surface area contributed by atoms with E-state index in [2.05, 4.69) is 16.9 Å². The minimum Gasteiger partial charge on any atom is -0.493 e. The molecule has 0 radical (unpaired) electrons. The lowest BCUT2D eigenvalue weighted by molar-refractivity contribution is 0.0597. The molecule has 3 aromatic rings. The van der Waals surface area contributed by atoms with Gasteiger partial charge in [0.25, 0.3) is 0 Å². The smallest absolute Gasteiger partial charge is 0.343 e. The Labute approximate surface area is 163 Å². The van der Waals surface area contributed by atoms with Crippen LogP contribution in [0.15, 0.2) is 78.9 Å². The molecule has 0 unspecified atom stereocenters. The van der Waals surface area contributed by atoms with Crippen molar-refractivity contribution in [2.24, 2.45) is 0 Å². The van der Waals surface area contributed by atoms with E-state index in [1.54, 1.807) is 42.5 Å². The van der Waals surface area contributed by atoms with E-state index < -0.39 is 11.9 Å². The van der Waals surface area contributed by atoms with Crippen LogP contribution in [0, 0.1) is 0 Å². The molecule has 5 heteroatoms. The summed E-state index contributed by atoms with van der Waals surface area (Å²) in [4.78, 5) is 23.9. The largest absolute Gasteiger partial charge is 0.493 e. The van der Waals surface area contributed by atoms with Crippen LogP contribution in [0.5, 0.6) is 11.5 Å². The van der Waals surface area contributed by atoms with Crippen LogP contribution < -0.4 is 9.47 Å². The van der Waals surface area contributed by atoms with Gasteiger partial charge in [0, 0.05) is 6.42 Å². The molecule has 0 atom stereocenters. The lowest BCUT2D eigenvalue weighted by Gasteiger charge is -2.08. The molecule has 0 heterocycles. The molecule has 0 saturated carbocycles. The van der Waals surface area contributed by atoms with Gasteiger partial charge in [-0.15, -0.1) is 0 Å². The lowest BCUT2D eigenvalue weighted by atomic mass is 10.2. The zero-order valence-electron chi connectivity index (χ0n) is 15.5. The van der Waals surface area contributed by atoms with E-state index in [1.165, 1.54) is 18.7 Å². The lowest BCUT2D eigenvalue weighted by Crippen LogP contribution is -2.09. The van der Waals surface area contributed by atoms with Gasteiger partial charge in [0.15, 0.2) is 0 Å². The van der Waals surface area contributed by atoms with Gasteiger partial charge >= 0.3 is 11.9 Å². The molecule has 0 aromatic heterocycles. The molecule has 0 amide bonds. The summed E-state index contributed by atoms with van der Waals surface area (Å²) in [6.07, 6.45) is 0.807. The van der Waals surface area contributed by atoms with Gasteiger partial charge in [-0.3, -0.25) is 0 Å². The van der Waals surface area contributed by atoms with Gasteiger partial charge in [-0.25, -0.2) is 9.59 Å². The third kappa shape index (κ3) is 5.20. The van der Waals surface area contributed by atoms with Gasteiger partial charge in [-0.1, -0.05) is 36.4 Å². The zero-order valence-corrected chi connectivity index (χ0v) is 15.5. The standard InChI is InChI=1S/C23H20O5/c1-26-22(24)19-8-5-9-21(16-19)28-23(25)18-10-12-20(13-11-18)27-15-14-17-6-3-2-4-7-17/h2-13,16H,14-15H2,1H3. The van der Waals surface area contributed by atoms with E-state index in [9.17, 15) is 9.59 Å². The van der Waals surface area contributed by atoms with Crippen molar-refractivity contribution >= 4 is 11.9 Å². The van der Waals surface area contributed by atoms with Crippen LogP contribution in [0.2, 0.25) is 0 Å². The molecule has 0 N–H and O–H groups in total. The highest BCUT2D eigenvalue weighted by Gasteiger charge is 2.11. The number of carbonyl (C=O) groups excluding carboxylic acids is 2. The Hall–Kier alpha value is -3.60. The van der Waals surface area contributed by atoms with Crippen LogP contribution in [0.3, 0.4) is 0 Å². The highest BCUT2D eigenvalue weighted by Crippen LogP contribution is 2.18. The van der Waals surface area contributed by atoms with Crippen LogP contribution in [0.25, 0.3) is 0 Å². The highest BCUT2D eigenvalue weighted by molar-refractivity contribution is 5.92. The first-order valence-corrected chi connectivity index (χ1v) is 8.83. The van der Waals surface area contributed by atoms with E-state index in [0.717, 1.165) is 6.42 Å². The normalized spacial score (nSPS) is 10.2. The number of carbonyl (C=O) groups is 2. The predicted octanol–water partition coefficient (Wildman–Crippen LogP) is 4.31. The predicted molar refractivity (Wildman–Crippen MR) is 105 cm³/mol. The minimum atomic E-state index is -0.516. The minimum absolute atomic E-state index is 0.274. The summed E-state index contributed by atoms with van der Waals surface area (Å²) in [7, 11) is 1.30. The number of ether oxygens (including phenoxy) is 3. The summed E-state index contributed by atoms with van der Waals surface area (Å²) in [5.41, 5.74) is 1.91. The van der Waals surface area contributed by atoms with Crippen LogP contribution >= 0.6 is 0 Å². The van der Waals surface area contributed by atoms with Crippen molar-refractivity contribution in [1.29, 1.82) is 0 Å². The van der Waals surface area contributed by atoms with Crippen molar-refractivity contribution < 1.29 is 23.8 Å². The number of esters is 2. The quantitative estimate of drug-likeness (QED) is 0.454. The Bertz CT molecular complexity index is 933. The van der Waals surface area contributed by atoms with E-state index in [1.807, 2.05) is 18.2 Å². The van der Waals surface area contributed by atoms with Gasteiger partial charge in [-0.2, -0.15) is 0 Å². The molecule has 0 fully saturated rings. The Morgan fingerprint density at radius 2 is 1.50 bits per heavy atom. The summed E-state index contributed by atoms with van der Waals surface area (Å²) < 4.78 is 15.7. The fraction of sp³-hybridized carbons (Fsp3) is 0.130. The molecule has 0 spiro atoms. The van der Waals surface area contributed by atoms with Crippen LogP contribution in [0.1, 0.15) is 26.3 Å². The van der Waals surface area contributed by atoms with Gasteiger partial charge in [0.2, 0.25) is 0 Å². The van der Waals surface area contributed by atoms with Crippen LogP contribution in [0.4, 0.5) is 0 Å². The maximum Gasteiger partial charge on any atom is 0.343 e. The second-order valence-corrected chi connectivity index (χ2v) is 6.02. The fourth-order valence-electron chi connectivity index (χ4n) is 2.59. The van der Waals surface area contributed by atoms with E-state index >= 15 is 0 Å². The Morgan fingerprint density at radius 1 is 0.750 bits per heavy atom. The molecule has 0 aliphatic rings. The number of rotatable bonds is 7.